The van der Waals surface area contributed by atoms with Crippen LogP contribution in [-0.4, -0.2) is 77.4 Å². The SMILES string of the molecule is COC(=O)NC(C(=O)N1CCCC1C(=O)NC(C(=O)c1nnc(C(C)(C)c2ccc3c(c2)OCO3)o1)C(C)C)C(C)C. The van der Waals surface area contributed by atoms with Gasteiger partial charge in [-0.05, 0) is 56.2 Å². The van der Waals surface area contributed by atoms with E-state index in [1.165, 1.54) is 12.0 Å². The minimum Gasteiger partial charge on any atom is -0.454 e. The average molecular weight is 586 g/mol. The Kier molecular flexibility index (Phi) is 9.07. The Labute approximate surface area is 244 Å². The first-order valence-electron chi connectivity index (χ1n) is 14.1. The number of nitrogens with zero attached hydrogens (tertiary/aromatic N) is 3. The second kappa shape index (κ2) is 12.4. The lowest BCUT2D eigenvalue weighted by atomic mass is 9.84. The molecule has 3 unspecified atom stereocenters. The maximum atomic E-state index is 13.5. The molecular formula is C29H39N5O8. The molecule has 13 heteroatoms. The van der Waals surface area contributed by atoms with E-state index in [-0.39, 0.29) is 36.3 Å². The van der Waals surface area contributed by atoms with Crippen molar-refractivity contribution in [3.05, 3.63) is 35.5 Å². The van der Waals surface area contributed by atoms with Crippen LogP contribution in [0.25, 0.3) is 0 Å². The van der Waals surface area contributed by atoms with Crippen LogP contribution in [0.15, 0.2) is 22.6 Å². The predicted molar refractivity (Wildman–Crippen MR) is 149 cm³/mol. The third-order valence-electron chi connectivity index (χ3n) is 7.74. The van der Waals surface area contributed by atoms with Gasteiger partial charge >= 0.3 is 6.09 Å². The highest BCUT2D eigenvalue weighted by Gasteiger charge is 2.41. The van der Waals surface area contributed by atoms with Gasteiger partial charge in [-0.25, -0.2) is 4.79 Å². The lowest BCUT2D eigenvalue weighted by molar-refractivity contribution is -0.141. The number of aromatic nitrogens is 2. The summed E-state index contributed by atoms with van der Waals surface area (Å²) in [6.07, 6.45) is 0.303. The summed E-state index contributed by atoms with van der Waals surface area (Å²) in [6.45, 7) is 11.5. The van der Waals surface area contributed by atoms with E-state index in [9.17, 15) is 19.2 Å². The summed E-state index contributed by atoms with van der Waals surface area (Å²) >= 11 is 0. The van der Waals surface area contributed by atoms with Crippen LogP contribution in [0.5, 0.6) is 11.5 Å². The quantitative estimate of drug-likeness (QED) is 0.397. The van der Waals surface area contributed by atoms with E-state index >= 15 is 0 Å². The van der Waals surface area contributed by atoms with Gasteiger partial charge in [0.1, 0.15) is 12.1 Å². The largest absolute Gasteiger partial charge is 0.454 e. The van der Waals surface area contributed by atoms with E-state index < -0.39 is 41.3 Å². The number of carbonyl (C=O) groups excluding carboxylic acids is 4. The van der Waals surface area contributed by atoms with E-state index in [2.05, 4.69) is 25.6 Å². The van der Waals surface area contributed by atoms with Crippen LogP contribution in [0.1, 0.15) is 76.5 Å². The highest BCUT2D eigenvalue weighted by atomic mass is 16.7. The Bertz CT molecular complexity index is 1340. The van der Waals surface area contributed by atoms with Gasteiger partial charge in [0.15, 0.2) is 11.5 Å². The summed E-state index contributed by atoms with van der Waals surface area (Å²) in [5, 5.41) is 13.6. The van der Waals surface area contributed by atoms with E-state index in [1.807, 2.05) is 26.0 Å². The standard InChI is InChI=1S/C29H39N5O8/c1-15(2)21(30-24(36)18-9-8-12-34(18)26(37)22(16(3)4)31-28(38)39-7)23(35)25-32-33-27(42-25)29(5,6)17-10-11-19-20(13-17)41-14-40-19/h10-11,13,15-16,18,21-22H,8-9,12,14H2,1-7H3,(H,30,36)(H,31,38). The number of rotatable bonds is 10. The number of Topliss-reactive ketones (excluding diaryl/α,β-unsaturated/α-hetero) is 1. The zero-order chi connectivity index (χ0) is 30.8. The summed E-state index contributed by atoms with van der Waals surface area (Å²) in [5.74, 6) is -0.660. The van der Waals surface area contributed by atoms with Gasteiger partial charge in [-0.15, -0.1) is 10.2 Å². The molecule has 1 fully saturated rings. The van der Waals surface area contributed by atoms with Crippen molar-refractivity contribution in [1.82, 2.24) is 25.7 Å². The number of methoxy groups -OCH3 is 1. The molecule has 4 rings (SSSR count). The van der Waals surface area contributed by atoms with E-state index in [1.54, 1.807) is 33.8 Å². The zero-order valence-electron chi connectivity index (χ0n) is 25.1. The first-order chi connectivity index (χ1) is 19.8. The minimum absolute atomic E-state index is 0.149. The molecule has 42 heavy (non-hydrogen) atoms. The predicted octanol–water partition coefficient (Wildman–Crippen LogP) is 2.82. The average Bonchev–Trinajstić information content (AvgIpc) is 3.73. The van der Waals surface area contributed by atoms with Crippen molar-refractivity contribution in [2.75, 3.05) is 20.4 Å². The second-order valence-corrected chi connectivity index (χ2v) is 11.7. The Morgan fingerprint density at radius 1 is 1.00 bits per heavy atom. The van der Waals surface area contributed by atoms with Crippen LogP contribution in [-0.2, 0) is 19.7 Å². The molecule has 0 saturated carbocycles. The number of alkyl carbamates (subject to hydrolysis) is 1. The molecule has 0 bridgehead atoms. The molecule has 1 saturated heterocycles. The van der Waals surface area contributed by atoms with Gasteiger partial charge in [-0.1, -0.05) is 33.8 Å². The van der Waals surface area contributed by atoms with Gasteiger partial charge in [0.25, 0.3) is 5.89 Å². The molecular weight excluding hydrogens is 546 g/mol. The lowest BCUT2D eigenvalue weighted by Crippen LogP contribution is -2.57. The number of ketones is 1. The lowest BCUT2D eigenvalue weighted by Gasteiger charge is -2.31. The topological polar surface area (TPSA) is 162 Å². The first-order valence-corrected chi connectivity index (χ1v) is 14.1. The molecule has 0 spiro atoms. The number of fused-ring (bicyclic) bond motifs is 1. The number of benzene rings is 1. The first kappa shape index (κ1) is 30.8. The maximum Gasteiger partial charge on any atom is 0.407 e. The van der Waals surface area contributed by atoms with Gasteiger partial charge in [-0.3, -0.25) is 14.4 Å². The van der Waals surface area contributed by atoms with E-state index in [0.717, 1.165) is 5.56 Å². The Balaban J connectivity index is 1.49. The van der Waals surface area contributed by atoms with Crippen LogP contribution in [0, 0.1) is 11.8 Å². The number of ether oxygens (including phenoxy) is 3. The number of amides is 3. The molecule has 2 aromatic rings. The van der Waals surface area contributed by atoms with Crippen molar-refractivity contribution in [2.24, 2.45) is 11.8 Å². The molecule has 2 N–H and O–H groups in total. The highest BCUT2D eigenvalue weighted by Crippen LogP contribution is 2.38. The van der Waals surface area contributed by atoms with E-state index in [0.29, 0.717) is 30.9 Å². The number of hydrogen-bond acceptors (Lipinski definition) is 10. The number of nitrogens with one attached hydrogen (secondary N) is 2. The molecule has 3 amide bonds. The van der Waals surface area contributed by atoms with E-state index in [4.69, 9.17) is 13.9 Å². The molecule has 13 nitrogen and oxygen atoms in total. The van der Waals surface area contributed by atoms with Gasteiger partial charge < -0.3 is 34.2 Å². The van der Waals surface area contributed by atoms with Crippen molar-refractivity contribution < 1.29 is 37.8 Å². The number of hydrogen-bond donors (Lipinski definition) is 2. The minimum atomic E-state index is -0.967. The van der Waals surface area contributed by atoms with Crippen molar-refractivity contribution in [3.63, 3.8) is 0 Å². The fourth-order valence-electron chi connectivity index (χ4n) is 5.08. The molecule has 0 radical (unpaired) electrons. The fraction of sp³-hybridized carbons (Fsp3) is 0.586. The summed E-state index contributed by atoms with van der Waals surface area (Å²) in [6, 6.07) is 2.89. The monoisotopic (exact) mass is 585 g/mol. The maximum absolute atomic E-state index is 13.5. The van der Waals surface area contributed by atoms with Gasteiger partial charge in [0.05, 0.1) is 18.6 Å². The molecule has 3 heterocycles. The summed E-state index contributed by atoms with van der Waals surface area (Å²) in [7, 11) is 1.22. The Hall–Kier alpha value is -4.16. The summed E-state index contributed by atoms with van der Waals surface area (Å²) in [4.78, 5) is 53.7. The molecule has 3 atom stereocenters. The van der Waals surface area contributed by atoms with Gasteiger partial charge in [0, 0.05) is 6.54 Å². The van der Waals surface area contributed by atoms with Crippen molar-refractivity contribution in [2.45, 2.75) is 77.9 Å². The van der Waals surface area contributed by atoms with Crippen LogP contribution < -0.4 is 20.1 Å². The fourth-order valence-corrected chi connectivity index (χ4v) is 5.08. The zero-order valence-corrected chi connectivity index (χ0v) is 25.1. The van der Waals surface area contributed by atoms with Crippen molar-refractivity contribution in [3.8, 4) is 11.5 Å². The van der Waals surface area contributed by atoms with Crippen molar-refractivity contribution >= 4 is 23.7 Å². The molecule has 2 aliphatic heterocycles. The van der Waals surface area contributed by atoms with Gasteiger partial charge in [0.2, 0.25) is 30.3 Å². The Morgan fingerprint density at radius 3 is 2.36 bits per heavy atom. The Morgan fingerprint density at radius 2 is 1.69 bits per heavy atom. The molecule has 2 aliphatic rings. The van der Waals surface area contributed by atoms with Gasteiger partial charge in [-0.2, -0.15) is 0 Å². The van der Waals surface area contributed by atoms with Crippen LogP contribution in [0.2, 0.25) is 0 Å². The highest BCUT2D eigenvalue weighted by molar-refractivity contribution is 6.00. The third-order valence-corrected chi connectivity index (χ3v) is 7.74. The molecule has 0 aliphatic carbocycles. The summed E-state index contributed by atoms with van der Waals surface area (Å²) in [5.41, 5.74) is 0.0782. The molecule has 1 aromatic heterocycles. The normalized spacial score (nSPS) is 17.7. The van der Waals surface area contributed by atoms with Crippen molar-refractivity contribution in [1.29, 1.82) is 0 Å². The second-order valence-electron chi connectivity index (χ2n) is 11.7. The van der Waals surface area contributed by atoms with Crippen LogP contribution >= 0.6 is 0 Å². The molecule has 228 valence electrons. The summed E-state index contributed by atoms with van der Waals surface area (Å²) < 4.78 is 21.4. The number of likely N-dealkylation sites (tertiary alicyclic amines) is 1. The number of carbonyl (C=O) groups is 4. The van der Waals surface area contributed by atoms with Crippen LogP contribution in [0.4, 0.5) is 4.79 Å². The molecule has 1 aromatic carbocycles. The smallest absolute Gasteiger partial charge is 0.407 e. The van der Waals surface area contributed by atoms with Crippen LogP contribution in [0.3, 0.4) is 0 Å². The third kappa shape index (κ3) is 6.19.